The third kappa shape index (κ3) is 12.1. The third-order valence-corrected chi connectivity index (χ3v) is 7.20. The summed E-state index contributed by atoms with van der Waals surface area (Å²) in [5.74, 6) is -5.20. The third-order valence-electron chi connectivity index (χ3n) is 7.20. The van der Waals surface area contributed by atoms with Crippen molar-refractivity contribution in [2.24, 2.45) is 0 Å². The summed E-state index contributed by atoms with van der Waals surface area (Å²) in [7, 11) is 1.46. The zero-order chi connectivity index (χ0) is 38.7. The number of carbonyl (C=O) groups is 7. The highest BCUT2D eigenvalue weighted by Gasteiger charge is 2.58. The van der Waals surface area contributed by atoms with E-state index in [9.17, 15) is 33.6 Å². The summed E-state index contributed by atoms with van der Waals surface area (Å²) in [6, 6.07) is 6.20. The van der Waals surface area contributed by atoms with Crippen molar-refractivity contribution in [2.45, 2.75) is 110 Å². The maximum absolute atomic E-state index is 12.6. The lowest BCUT2D eigenvalue weighted by molar-refractivity contribution is -0.354. The van der Waals surface area contributed by atoms with Crippen molar-refractivity contribution in [3.8, 4) is 11.5 Å². The number of rotatable bonds is 14. The molecule has 0 unspecified atom stereocenters. The molecule has 1 aromatic rings. The Balaban J connectivity index is 2.16. The van der Waals surface area contributed by atoms with Gasteiger partial charge in [0.15, 0.2) is 30.7 Å². The van der Waals surface area contributed by atoms with Gasteiger partial charge in [0, 0.05) is 48.5 Å². The average Bonchev–Trinajstić information content (AvgIpc) is 3.03. The lowest BCUT2D eigenvalue weighted by Crippen LogP contribution is -2.67. The summed E-state index contributed by atoms with van der Waals surface area (Å²) < 4.78 is 67.6. The molecule has 0 aliphatic carbocycles. The first-order valence-corrected chi connectivity index (χ1v) is 15.9. The first-order valence-electron chi connectivity index (χ1n) is 15.9. The Labute approximate surface area is 298 Å². The molecule has 0 bridgehead atoms. The molecule has 1 aromatic carbocycles. The van der Waals surface area contributed by atoms with E-state index < -0.39 is 116 Å². The zero-order valence-corrected chi connectivity index (χ0v) is 29.8. The molecule has 2 aliphatic heterocycles. The molecule has 2 saturated heterocycles. The van der Waals surface area contributed by atoms with E-state index in [1.54, 1.807) is 12.1 Å². The van der Waals surface area contributed by atoms with Crippen LogP contribution < -0.4 is 9.47 Å². The van der Waals surface area contributed by atoms with Gasteiger partial charge in [-0.1, -0.05) is 0 Å². The van der Waals surface area contributed by atoms with Gasteiger partial charge < -0.3 is 56.8 Å². The van der Waals surface area contributed by atoms with Gasteiger partial charge >= 0.3 is 41.8 Å². The molecule has 0 aromatic heterocycles. The second kappa shape index (κ2) is 19.0. The Morgan fingerprint density at radius 1 is 0.481 bits per heavy atom. The van der Waals surface area contributed by atoms with Gasteiger partial charge in [0.05, 0.1) is 7.11 Å². The SMILES string of the molecule is COc1ccc(O[C@@H]2O[C@@H](COC(C)=O)[C@@H](O[C@@H]3O[C@@H](COC(C)=O)[C@H](OC(C)=O)[C@H](OC(C)=O)[C@@H]3OC(C)=O)[C@H](OC(C)=O)[C@@H]2OC(C)=O)cc1. The summed E-state index contributed by atoms with van der Waals surface area (Å²) in [5.41, 5.74) is 0. The average molecular weight is 743 g/mol. The summed E-state index contributed by atoms with van der Waals surface area (Å²) in [4.78, 5) is 85.6. The van der Waals surface area contributed by atoms with Crippen molar-refractivity contribution in [3.63, 3.8) is 0 Å². The van der Waals surface area contributed by atoms with Crippen LogP contribution in [0.3, 0.4) is 0 Å². The number of benzene rings is 1. The number of esters is 7. The molecule has 2 fully saturated rings. The van der Waals surface area contributed by atoms with Crippen LogP contribution in [0.2, 0.25) is 0 Å². The van der Waals surface area contributed by atoms with E-state index in [-0.39, 0.29) is 5.75 Å². The normalized spacial score (nSPS) is 28.2. The van der Waals surface area contributed by atoms with E-state index in [0.717, 1.165) is 48.5 Å². The highest BCUT2D eigenvalue weighted by atomic mass is 16.8. The fourth-order valence-electron chi connectivity index (χ4n) is 5.36. The standard InChI is InChI=1S/C33H42O19/c1-15(34)42-13-24-26(44-17(3)36)28(45-18(4)37)31(48-21(7)40)33(51-24)52-27-25(14-43-16(2)35)50-32(49-23-11-9-22(41-8)10-12-23)30(47-20(6)39)29(27)46-19(5)38/h9-12,24-33H,13-14H2,1-8H3/t24-,25-,26-,27+,28-,29-,30-,31-,32+,33-/m0/s1. The molecule has 288 valence electrons. The van der Waals surface area contributed by atoms with Crippen molar-refractivity contribution in [3.05, 3.63) is 24.3 Å². The van der Waals surface area contributed by atoms with E-state index in [1.165, 1.54) is 19.2 Å². The smallest absolute Gasteiger partial charge is 0.303 e. The van der Waals surface area contributed by atoms with Crippen LogP contribution in [0.4, 0.5) is 0 Å². The lowest BCUT2D eigenvalue weighted by atomic mass is 9.96. The van der Waals surface area contributed by atoms with E-state index in [4.69, 9.17) is 56.8 Å². The van der Waals surface area contributed by atoms with Crippen LogP contribution in [0.25, 0.3) is 0 Å². The van der Waals surface area contributed by atoms with Crippen molar-refractivity contribution < 1.29 is 90.4 Å². The van der Waals surface area contributed by atoms with Crippen LogP contribution in [-0.4, -0.2) is 124 Å². The monoisotopic (exact) mass is 742 g/mol. The molecule has 19 heteroatoms. The summed E-state index contributed by atoms with van der Waals surface area (Å²) in [6.45, 7) is 6.35. The second-order valence-corrected chi connectivity index (χ2v) is 11.5. The molecule has 52 heavy (non-hydrogen) atoms. The lowest BCUT2D eigenvalue weighted by Gasteiger charge is -2.48. The first-order chi connectivity index (χ1) is 24.5. The van der Waals surface area contributed by atoms with E-state index >= 15 is 0 Å². The number of methoxy groups -OCH3 is 1. The molecule has 2 heterocycles. The summed E-state index contributed by atoms with van der Waals surface area (Å²) >= 11 is 0. The van der Waals surface area contributed by atoms with Crippen molar-refractivity contribution in [2.75, 3.05) is 20.3 Å². The Hall–Kier alpha value is -5.01. The predicted octanol–water partition coefficient (Wildman–Crippen LogP) is 0.694. The number of ether oxygens (including phenoxy) is 12. The Morgan fingerprint density at radius 2 is 0.846 bits per heavy atom. The molecule has 0 saturated carbocycles. The fraction of sp³-hybridized carbons (Fsp3) is 0.606. The molecule has 19 nitrogen and oxygen atoms in total. The maximum Gasteiger partial charge on any atom is 0.303 e. The first kappa shape index (κ1) is 41.4. The van der Waals surface area contributed by atoms with Crippen molar-refractivity contribution in [1.29, 1.82) is 0 Å². The Kier molecular flexibility index (Phi) is 15.1. The van der Waals surface area contributed by atoms with Gasteiger partial charge in [-0.3, -0.25) is 33.6 Å². The Bertz CT molecular complexity index is 1440. The summed E-state index contributed by atoms with van der Waals surface area (Å²) in [6.07, 6.45) is -15.7. The predicted molar refractivity (Wildman–Crippen MR) is 167 cm³/mol. The molecule has 0 N–H and O–H groups in total. The number of carbonyl (C=O) groups excluding carboxylic acids is 7. The fourth-order valence-corrected chi connectivity index (χ4v) is 5.36. The molecule has 0 amide bonds. The summed E-state index contributed by atoms with van der Waals surface area (Å²) in [5, 5.41) is 0. The zero-order valence-electron chi connectivity index (χ0n) is 29.8. The van der Waals surface area contributed by atoms with Crippen LogP contribution in [0.5, 0.6) is 11.5 Å². The van der Waals surface area contributed by atoms with Gasteiger partial charge in [-0.05, 0) is 24.3 Å². The molecule has 0 radical (unpaired) electrons. The van der Waals surface area contributed by atoms with Gasteiger partial charge in [0.25, 0.3) is 0 Å². The van der Waals surface area contributed by atoms with Crippen LogP contribution in [0.1, 0.15) is 48.5 Å². The minimum absolute atomic E-state index is 0.203. The highest BCUT2D eigenvalue weighted by molar-refractivity contribution is 5.69. The molecular formula is C33H42O19. The number of hydrogen-bond donors (Lipinski definition) is 0. The van der Waals surface area contributed by atoms with Gasteiger partial charge in [-0.25, -0.2) is 0 Å². The van der Waals surface area contributed by atoms with Gasteiger partial charge in [0.2, 0.25) is 12.4 Å². The highest BCUT2D eigenvalue weighted by Crippen LogP contribution is 2.36. The van der Waals surface area contributed by atoms with Crippen molar-refractivity contribution >= 4 is 41.8 Å². The van der Waals surface area contributed by atoms with Gasteiger partial charge in [0.1, 0.15) is 43.0 Å². The molecule has 3 rings (SSSR count). The topological polar surface area (TPSA) is 230 Å². The van der Waals surface area contributed by atoms with E-state index in [1.807, 2.05) is 0 Å². The van der Waals surface area contributed by atoms with Crippen LogP contribution in [0.15, 0.2) is 24.3 Å². The second-order valence-electron chi connectivity index (χ2n) is 11.5. The van der Waals surface area contributed by atoms with Crippen LogP contribution in [0, 0.1) is 0 Å². The minimum Gasteiger partial charge on any atom is -0.497 e. The molecular weight excluding hydrogens is 700 g/mol. The minimum atomic E-state index is -1.80. The maximum atomic E-state index is 12.6. The quantitative estimate of drug-likeness (QED) is 0.189. The number of hydrogen-bond acceptors (Lipinski definition) is 19. The Morgan fingerprint density at radius 3 is 1.29 bits per heavy atom. The van der Waals surface area contributed by atoms with Gasteiger partial charge in [-0.15, -0.1) is 0 Å². The van der Waals surface area contributed by atoms with Crippen molar-refractivity contribution in [1.82, 2.24) is 0 Å². The van der Waals surface area contributed by atoms with Crippen LogP contribution in [-0.2, 0) is 80.9 Å². The van der Waals surface area contributed by atoms with Gasteiger partial charge in [-0.2, -0.15) is 0 Å². The van der Waals surface area contributed by atoms with Crippen LogP contribution >= 0.6 is 0 Å². The molecule has 2 aliphatic rings. The van der Waals surface area contributed by atoms with E-state index in [0.29, 0.717) is 5.75 Å². The molecule has 10 atom stereocenters. The van der Waals surface area contributed by atoms with E-state index in [2.05, 4.69) is 0 Å². The largest absolute Gasteiger partial charge is 0.497 e. The molecule has 0 spiro atoms.